The van der Waals surface area contributed by atoms with Crippen LogP contribution in [-0.2, 0) is 0 Å². The van der Waals surface area contributed by atoms with Crippen molar-refractivity contribution in [2.24, 2.45) is 0 Å². The molecule has 1 aromatic carbocycles. The summed E-state index contributed by atoms with van der Waals surface area (Å²) in [5.74, 6) is 1.45. The SMILES string of the molecule is COc1c[c]ccc1OC.[NaH]. The van der Waals surface area contributed by atoms with E-state index in [9.17, 15) is 0 Å². The van der Waals surface area contributed by atoms with Crippen LogP contribution >= 0.6 is 0 Å². The van der Waals surface area contributed by atoms with Gasteiger partial charge in [-0.3, -0.25) is 0 Å². The third-order valence-electron chi connectivity index (χ3n) is 1.23. The van der Waals surface area contributed by atoms with Crippen molar-refractivity contribution >= 4 is 29.6 Å². The quantitative estimate of drug-likeness (QED) is 0.599. The van der Waals surface area contributed by atoms with Gasteiger partial charge >= 0.3 is 29.6 Å². The van der Waals surface area contributed by atoms with Crippen LogP contribution in [0, 0.1) is 6.07 Å². The maximum absolute atomic E-state index is 4.99. The predicted molar refractivity (Wildman–Crippen MR) is 45.5 cm³/mol. The minimum absolute atomic E-state index is 0. The van der Waals surface area contributed by atoms with Crippen LogP contribution in [0.2, 0.25) is 0 Å². The third-order valence-corrected chi connectivity index (χ3v) is 1.23. The van der Waals surface area contributed by atoms with Crippen molar-refractivity contribution in [2.45, 2.75) is 0 Å². The Balaban J connectivity index is 0.000001000. The molecule has 0 saturated heterocycles. The first-order valence-electron chi connectivity index (χ1n) is 2.96. The van der Waals surface area contributed by atoms with E-state index in [0.29, 0.717) is 5.75 Å². The Labute approximate surface area is 88.8 Å². The van der Waals surface area contributed by atoms with E-state index in [-0.39, 0.29) is 29.6 Å². The zero-order valence-electron chi connectivity index (χ0n) is 6.05. The number of hydrogen-bond acceptors (Lipinski definition) is 2. The number of ether oxygens (including phenoxy) is 2. The third kappa shape index (κ3) is 2.73. The van der Waals surface area contributed by atoms with Crippen LogP contribution in [0.1, 0.15) is 0 Å². The molecule has 0 unspecified atom stereocenters. The molecule has 0 atom stereocenters. The summed E-state index contributed by atoms with van der Waals surface area (Å²) in [7, 11) is 3.21. The predicted octanol–water partition coefficient (Wildman–Crippen LogP) is 0.855. The Kier molecular flexibility index (Phi) is 5.38. The molecule has 1 rings (SSSR count). The zero-order valence-corrected chi connectivity index (χ0v) is 6.05. The van der Waals surface area contributed by atoms with Crippen molar-refractivity contribution in [3.05, 3.63) is 24.3 Å². The molecule has 1 radical (unpaired) electrons. The normalized spacial score (nSPS) is 8.18. The van der Waals surface area contributed by atoms with Crippen LogP contribution in [-0.4, -0.2) is 43.8 Å². The van der Waals surface area contributed by atoms with Crippen LogP contribution in [0.3, 0.4) is 0 Å². The monoisotopic (exact) mass is 161 g/mol. The van der Waals surface area contributed by atoms with Crippen molar-refractivity contribution in [2.75, 3.05) is 14.2 Å². The summed E-state index contributed by atoms with van der Waals surface area (Å²) in [6.07, 6.45) is 0. The zero-order chi connectivity index (χ0) is 7.40. The molecule has 0 saturated carbocycles. The molecule has 3 heteroatoms. The average Bonchev–Trinajstić information content (AvgIpc) is 2.04. The van der Waals surface area contributed by atoms with E-state index in [2.05, 4.69) is 6.07 Å². The molecule has 0 aliphatic carbocycles. The average molecular weight is 161 g/mol. The van der Waals surface area contributed by atoms with Crippen molar-refractivity contribution in [3.8, 4) is 11.5 Å². The van der Waals surface area contributed by atoms with Gasteiger partial charge in [-0.15, -0.1) is 0 Å². The molecule has 0 amide bonds. The summed E-state index contributed by atoms with van der Waals surface area (Å²) < 4.78 is 9.97. The summed E-state index contributed by atoms with van der Waals surface area (Å²) in [5.41, 5.74) is 0. The number of rotatable bonds is 2. The molecular weight excluding hydrogens is 151 g/mol. The molecule has 11 heavy (non-hydrogen) atoms. The van der Waals surface area contributed by atoms with E-state index in [4.69, 9.17) is 9.47 Å². The van der Waals surface area contributed by atoms with Gasteiger partial charge in [-0.1, -0.05) is 6.07 Å². The Bertz CT molecular complexity index is 190. The standard InChI is InChI=1S/C8H9O2.Na.H/c1-9-7-5-3-4-6-8(7)10-2;;/h3,5-6H,1-2H3;;. The van der Waals surface area contributed by atoms with Crippen LogP contribution in [0.25, 0.3) is 0 Å². The molecule has 2 nitrogen and oxygen atoms in total. The van der Waals surface area contributed by atoms with E-state index >= 15 is 0 Å². The Hall–Kier alpha value is -0.180. The van der Waals surface area contributed by atoms with Gasteiger partial charge in [0.1, 0.15) is 0 Å². The molecular formula is C8H10NaO2. The second-order valence-electron chi connectivity index (χ2n) is 1.78. The number of hydrogen-bond donors (Lipinski definition) is 0. The summed E-state index contributed by atoms with van der Waals surface area (Å²) in [6.45, 7) is 0. The van der Waals surface area contributed by atoms with Gasteiger partial charge in [-0.2, -0.15) is 0 Å². The summed E-state index contributed by atoms with van der Waals surface area (Å²) >= 11 is 0. The Morgan fingerprint density at radius 1 is 1.18 bits per heavy atom. The summed E-state index contributed by atoms with van der Waals surface area (Å²) in [4.78, 5) is 0. The molecule has 0 aliphatic heterocycles. The van der Waals surface area contributed by atoms with Gasteiger partial charge in [0.25, 0.3) is 0 Å². The fraction of sp³-hybridized carbons (Fsp3) is 0.250. The van der Waals surface area contributed by atoms with Crippen molar-refractivity contribution in [1.29, 1.82) is 0 Å². The van der Waals surface area contributed by atoms with Crippen LogP contribution in [0.4, 0.5) is 0 Å². The van der Waals surface area contributed by atoms with Crippen LogP contribution in [0.15, 0.2) is 18.2 Å². The first-order valence-corrected chi connectivity index (χ1v) is 2.96. The van der Waals surface area contributed by atoms with Gasteiger partial charge in [0.05, 0.1) is 14.2 Å². The van der Waals surface area contributed by atoms with Gasteiger partial charge in [0, 0.05) is 0 Å². The van der Waals surface area contributed by atoms with E-state index in [1.165, 1.54) is 0 Å². The van der Waals surface area contributed by atoms with E-state index < -0.39 is 0 Å². The molecule has 0 heterocycles. The minimum atomic E-state index is 0. The summed E-state index contributed by atoms with van der Waals surface area (Å²) in [6, 6.07) is 8.20. The van der Waals surface area contributed by atoms with Crippen molar-refractivity contribution < 1.29 is 9.47 Å². The van der Waals surface area contributed by atoms with Crippen molar-refractivity contribution in [3.63, 3.8) is 0 Å². The van der Waals surface area contributed by atoms with Gasteiger partial charge in [-0.25, -0.2) is 0 Å². The van der Waals surface area contributed by atoms with Crippen LogP contribution in [0.5, 0.6) is 11.5 Å². The molecule has 0 N–H and O–H groups in total. The van der Waals surface area contributed by atoms with Gasteiger partial charge < -0.3 is 9.47 Å². The van der Waals surface area contributed by atoms with E-state index in [1.54, 1.807) is 32.4 Å². The van der Waals surface area contributed by atoms with Gasteiger partial charge in [0.15, 0.2) is 11.5 Å². The first kappa shape index (κ1) is 10.8. The first-order chi connectivity index (χ1) is 4.88. The van der Waals surface area contributed by atoms with E-state index in [1.807, 2.05) is 0 Å². The van der Waals surface area contributed by atoms with Crippen LogP contribution < -0.4 is 9.47 Å². The molecule has 0 aliphatic rings. The summed E-state index contributed by atoms with van der Waals surface area (Å²) in [5, 5.41) is 0. The molecule has 0 bridgehead atoms. The van der Waals surface area contributed by atoms with Gasteiger partial charge in [-0.05, 0) is 18.2 Å². The molecule has 1 aromatic rings. The number of methoxy groups -OCH3 is 2. The Morgan fingerprint density at radius 3 is 2.27 bits per heavy atom. The van der Waals surface area contributed by atoms with Crippen molar-refractivity contribution in [1.82, 2.24) is 0 Å². The fourth-order valence-electron chi connectivity index (χ4n) is 0.729. The number of benzene rings is 1. The van der Waals surface area contributed by atoms with Gasteiger partial charge in [0.2, 0.25) is 0 Å². The maximum atomic E-state index is 4.99. The molecule has 0 spiro atoms. The molecule has 0 fully saturated rings. The second-order valence-corrected chi connectivity index (χ2v) is 1.78. The Morgan fingerprint density at radius 2 is 1.82 bits per heavy atom. The topological polar surface area (TPSA) is 18.5 Å². The van der Waals surface area contributed by atoms with E-state index in [0.717, 1.165) is 5.75 Å². The second kappa shape index (κ2) is 5.47. The molecule has 55 valence electrons. The fourth-order valence-corrected chi connectivity index (χ4v) is 0.729. The molecule has 0 aromatic heterocycles.